The second kappa shape index (κ2) is 5.47. The molecule has 0 radical (unpaired) electrons. The van der Waals surface area contributed by atoms with Crippen LogP contribution in [-0.2, 0) is 9.53 Å². The first-order valence-electron chi connectivity index (χ1n) is 5.59. The number of nitrogens with two attached hydrogens (primary N) is 1. The van der Waals surface area contributed by atoms with Crippen LogP contribution in [0.15, 0.2) is 0 Å². The van der Waals surface area contributed by atoms with Crippen LogP contribution in [0, 0.1) is 11.8 Å². The van der Waals surface area contributed by atoms with E-state index in [0.29, 0.717) is 5.92 Å². The van der Waals surface area contributed by atoms with E-state index in [9.17, 15) is 4.79 Å². The first-order chi connectivity index (χ1) is 7.06. The van der Waals surface area contributed by atoms with Crippen molar-refractivity contribution in [1.82, 2.24) is 4.90 Å². The van der Waals surface area contributed by atoms with E-state index in [-0.39, 0.29) is 17.9 Å². The van der Waals surface area contributed by atoms with Gasteiger partial charge in [0.2, 0.25) is 5.91 Å². The maximum atomic E-state index is 11.9. The summed E-state index contributed by atoms with van der Waals surface area (Å²) in [6.07, 6.45) is 1.03. The van der Waals surface area contributed by atoms with Gasteiger partial charge in [0.15, 0.2) is 0 Å². The van der Waals surface area contributed by atoms with Gasteiger partial charge in [-0.25, -0.2) is 0 Å². The Labute approximate surface area is 91.8 Å². The van der Waals surface area contributed by atoms with E-state index in [0.717, 1.165) is 26.1 Å². The average molecular weight is 214 g/mol. The lowest BCUT2D eigenvalue weighted by Crippen LogP contribution is -2.45. The molecule has 1 rings (SSSR count). The molecule has 1 aliphatic heterocycles. The molecule has 0 spiro atoms. The number of ether oxygens (including phenoxy) is 1. The summed E-state index contributed by atoms with van der Waals surface area (Å²) in [5.74, 6) is 0.779. The van der Waals surface area contributed by atoms with Crippen LogP contribution in [0.2, 0.25) is 0 Å². The highest BCUT2D eigenvalue weighted by Crippen LogP contribution is 2.18. The first-order valence-corrected chi connectivity index (χ1v) is 5.59. The monoisotopic (exact) mass is 214 g/mol. The summed E-state index contributed by atoms with van der Waals surface area (Å²) in [6, 6.07) is -0.355. The van der Waals surface area contributed by atoms with Crippen molar-refractivity contribution in [2.24, 2.45) is 17.6 Å². The Hall–Kier alpha value is -0.610. The van der Waals surface area contributed by atoms with Crippen LogP contribution < -0.4 is 5.73 Å². The zero-order chi connectivity index (χ0) is 11.4. The van der Waals surface area contributed by atoms with E-state index < -0.39 is 0 Å². The Balaban J connectivity index is 2.43. The number of hydrogen-bond acceptors (Lipinski definition) is 3. The quantitative estimate of drug-likeness (QED) is 0.740. The lowest BCUT2D eigenvalue weighted by atomic mass is 10.0. The summed E-state index contributed by atoms with van der Waals surface area (Å²) in [5, 5.41) is 0. The van der Waals surface area contributed by atoms with Crippen LogP contribution in [0.25, 0.3) is 0 Å². The standard InChI is InChI=1S/C11H22N2O2/c1-8(2)10(12)11(14)13-5-4-9(6-13)7-15-3/h8-10H,4-7,12H2,1-3H3. The van der Waals surface area contributed by atoms with Gasteiger partial charge in [0, 0.05) is 26.1 Å². The molecule has 4 nitrogen and oxygen atoms in total. The number of likely N-dealkylation sites (tertiary alicyclic amines) is 1. The Kier molecular flexibility index (Phi) is 4.54. The smallest absolute Gasteiger partial charge is 0.239 e. The summed E-state index contributed by atoms with van der Waals surface area (Å²) in [6.45, 7) is 6.32. The van der Waals surface area contributed by atoms with Crippen molar-refractivity contribution in [3.63, 3.8) is 0 Å². The molecule has 88 valence electrons. The van der Waals surface area contributed by atoms with Crippen LogP contribution in [0.3, 0.4) is 0 Å². The third-order valence-electron chi connectivity index (χ3n) is 3.00. The maximum absolute atomic E-state index is 11.9. The normalized spacial score (nSPS) is 23.5. The predicted octanol–water partition coefficient (Wildman–Crippen LogP) is 0.465. The molecule has 15 heavy (non-hydrogen) atoms. The van der Waals surface area contributed by atoms with Gasteiger partial charge in [-0.2, -0.15) is 0 Å². The second-order valence-corrected chi connectivity index (χ2v) is 4.66. The number of carbonyl (C=O) groups excluding carboxylic acids is 1. The van der Waals surface area contributed by atoms with Gasteiger partial charge in [-0.05, 0) is 12.3 Å². The fourth-order valence-corrected chi connectivity index (χ4v) is 1.90. The lowest BCUT2D eigenvalue weighted by Gasteiger charge is -2.23. The largest absolute Gasteiger partial charge is 0.384 e. The molecular formula is C11H22N2O2. The van der Waals surface area contributed by atoms with Gasteiger partial charge in [0.05, 0.1) is 12.6 Å². The zero-order valence-corrected chi connectivity index (χ0v) is 9.90. The number of nitrogens with zero attached hydrogens (tertiary/aromatic N) is 1. The van der Waals surface area contributed by atoms with Crippen LogP contribution >= 0.6 is 0 Å². The van der Waals surface area contributed by atoms with Crippen LogP contribution in [0.1, 0.15) is 20.3 Å². The van der Waals surface area contributed by atoms with Crippen molar-refractivity contribution in [2.45, 2.75) is 26.3 Å². The number of carbonyl (C=O) groups is 1. The molecule has 4 heteroatoms. The van der Waals surface area contributed by atoms with Crippen LogP contribution in [0.4, 0.5) is 0 Å². The SMILES string of the molecule is COCC1CCN(C(=O)C(N)C(C)C)C1. The van der Waals surface area contributed by atoms with Crippen molar-refractivity contribution >= 4 is 5.91 Å². The molecule has 1 heterocycles. The van der Waals surface area contributed by atoms with Gasteiger partial charge in [-0.15, -0.1) is 0 Å². The molecule has 2 unspecified atom stereocenters. The minimum Gasteiger partial charge on any atom is -0.384 e. The number of amides is 1. The fraction of sp³-hybridized carbons (Fsp3) is 0.909. The van der Waals surface area contributed by atoms with Crippen molar-refractivity contribution in [2.75, 3.05) is 26.8 Å². The average Bonchev–Trinajstić information content (AvgIpc) is 2.64. The number of hydrogen-bond donors (Lipinski definition) is 1. The summed E-state index contributed by atoms with van der Waals surface area (Å²) < 4.78 is 5.09. The number of methoxy groups -OCH3 is 1. The van der Waals surface area contributed by atoms with Gasteiger partial charge in [0.1, 0.15) is 0 Å². The summed E-state index contributed by atoms with van der Waals surface area (Å²) in [5.41, 5.74) is 5.84. The highest BCUT2D eigenvalue weighted by molar-refractivity contribution is 5.82. The minimum absolute atomic E-state index is 0.0867. The van der Waals surface area contributed by atoms with Gasteiger partial charge in [-0.1, -0.05) is 13.8 Å². The minimum atomic E-state index is -0.355. The summed E-state index contributed by atoms with van der Waals surface area (Å²) in [7, 11) is 1.70. The van der Waals surface area contributed by atoms with Crippen LogP contribution in [-0.4, -0.2) is 43.7 Å². The van der Waals surface area contributed by atoms with Gasteiger partial charge in [-0.3, -0.25) is 4.79 Å². The third kappa shape index (κ3) is 3.18. The highest BCUT2D eigenvalue weighted by Gasteiger charge is 2.30. The Morgan fingerprint density at radius 1 is 1.60 bits per heavy atom. The molecule has 1 aliphatic rings. The lowest BCUT2D eigenvalue weighted by molar-refractivity contribution is -0.132. The molecule has 2 N–H and O–H groups in total. The third-order valence-corrected chi connectivity index (χ3v) is 3.00. The predicted molar refractivity (Wildman–Crippen MR) is 59.4 cm³/mol. The fourth-order valence-electron chi connectivity index (χ4n) is 1.90. The van der Waals surface area contributed by atoms with Gasteiger partial charge < -0.3 is 15.4 Å². The van der Waals surface area contributed by atoms with Crippen molar-refractivity contribution < 1.29 is 9.53 Å². The molecule has 0 aliphatic carbocycles. The summed E-state index contributed by atoms with van der Waals surface area (Å²) >= 11 is 0. The topological polar surface area (TPSA) is 55.6 Å². The van der Waals surface area contributed by atoms with Crippen molar-refractivity contribution in [3.8, 4) is 0 Å². The molecule has 1 amide bonds. The zero-order valence-electron chi connectivity index (χ0n) is 9.90. The van der Waals surface area contributed by atoms with E-state index >= 15 is 0 Å². The molecule has 0 aromatic carbocycles. The second-order valence-electron chi connectivity index (χ2n) is 4.66. The Morgan fingerprint density at radius 3 is 2.80 bits per heavy atom. The molecule has 1 fully saturated rings. The molecule has 2 atom stereocenters. The molecule has 1 saturated heterocycles. The summed E-state index contributed by atoms with van der Waals surface area (Å²) in [4.78, 5) is 13.8. The number of rotatable bonds is 4. The van der Waals surface area contributed by atoms with E-state index in [4.69, 9.17) is 10.5 Å². The van der Waals surface area contributed by atoms with Gasteiger partial charge in [0.25, 0.3) is 0 Å². The first kappa shape index (κ1) is 12.5. The molecule has 0 aromatic rings. The van der Waals surface area contributed by atoms with Gasteiger partial charge >= 0.3 is 0 Å². The molecule has 0 saturated carbocycles. The Morgan fingerprint density at radius 2 is 2.27 bits per heavy atom. The highest BCUT2D eigenvalue weighted by atomic mass is 16.5. The Bertz CT molecular complexity index is 219. The molecule has 0 bridgehead atoms. The van der Waals surface area contributed by atoms with Crippen molar-refractivity contribution in [1.29, 1.82) is 0 Å². The van der Waals surface area contributed by atoms with E-state index in [2.05, 4.69) is 0 Å². The molecular weight excluding hydrogens is 192 g/mol. The van der Waals surface area contributed by atoms with E-state index in [1.165, 1.54) is 0 Å². The van der Waals surface area contributed by atoms with E-state index in [1.807, 2.05) is 18.7 Å². The van der Waals surface area contributed by atoms with Crippen LogP contribution in [0.5, 0.6) is 0 Å². The molecule has 0 aromatic heterocycles. The maximum Gasteiger partial charge on any atom is 0.239 e. The van der Waals surface area contributed by atoms with E-state index in [1.54, 1.807) is 7.11 Å². The van der Waals surface area contributed by atoms with Crippen molar-refractivity contribution in [3.05, 3.63) is 0 Å².